The predicted octanol–water partition coefficient (Wildman–Crippen LogP) is 1.99. The van der Waals surface area contributed by atoms with Crippen LogP contribution in [0.3, 0.4) is 0 Å². The lowest BCUT2D eigenvalue weighted by Gasteiger charge is -2.17. The molecule has 0 radical (unpaired) electrons. The first kappa shape index (κ1) is 18.8. The van der Waals surface area contributed by atoms with E-state index >= 15 is 0 Å². The molecule has 19 heavy (non-hydrogen) atoms. The Labute approximate surface area is 117 Å². The largest absolute Gasteiger partial charge is 0.377 e. The first-order chi connectivity index (χ1) is 9.35. The Morgan fingerprint density at radius 3 is 2.32 bits per heavy atom. The van der Waals surface area contributed by atoms with Crippen LogP contribution < -0.4 is 11.6 Å². The summed E-state index contributed by atoms with van der Waals surface area (Å²) in [5.74, 6) is 4.91. The Morgan fingerprint density at radius 1 is 0.895 bits per heavy atom. The molecule has 0 amide bonds. The molecular formula is C14H32N2O3. The first-order valence-electron chi connectivity index (χ1n) is 7.56. The fraction of sp³-hybridized carbons (Fsp3) is 1.00. The zero-order chi connectivity index (χ0) is 14.2. The predicted molar refractivity (Wildman–Crippen MR) is 77.7 cm³/mol. The summed E-state index contributed by atoms with van der Waals surface area (Å²) in [7, 11) is 0. The van der Waals surface area contributed by atoms with Gasteiger partial charge in [0.15, 0.2) is 0 Å². The maximum absolute atomic E-state index is 5.88. The van der Waals surface area contributed by atoms with Gasteiger partial charge in [-0.15, -0.1) is 0 Å². The Hall–Kier alpha value is -0.200. The van der Waals surface area contributed by atoms with Crippen LogP contribution in [0, 0.1) is 0 Å². The van der Waals surface area contributed by atoms with Crippen molar-refractivity contribution in [1.82, 2.24) is 0 Å². The molecule has 0 saturated heterocycles. The van der Waals surface area contributed by atoms with Gasteiger partial charge in [-0.25, -0.2) is 5.90 Å². The number of ether oxygens (including phenoxy) is 2. The lowest BCUT2D eigenvalue weighted by atomic mass is 10.1. The number of rotatable bonds is 15. The van der Waals surface area contributed by atoms with Crippen molar-refractivity contribution in [3.63, 3.8) is 0 Å². The summed E-state index contributed by atoms with van der Waals surface area (Å²) in [5, 5.41) is 0. The van der Waals surface area contributed by atoms with Crippen LogP contribution in [0.5, 0.6) is 0 Å². The van der Waals surface area contributed by atoms with Gasteiger partial charge in [-0.3, -0.25) is 0 Å². The molecule has 0 aromatic carbocycles. The van der Waals surface area contributed by atoms with Gasteiger partial charge in [-0.1, -0.05) is 32.6 Å². The molecule has 0 aliphatic heterocycles. The molecule has 0 saturated carbocycles. The smallest absolute Gasteiger partial charge is 0.0913 e. The summed E-state index contributed by atoms with van der Waals surface area (Å²) < 4.78 is 11.2. The van der Waals surface area contributed by atoms with Crippen LogP contribution in [0.4, 0.5) is 0 Å². The van der Waals surface area contributed by atoms with Crippen LogP contribution in [-0.2, 0) is 14.3 Å². The maximum atomic E-state index is 5.88. The van der Waals surface area contributed by atoms with Gasteiger partial charge >= 0.3 is 0 Å². The standard InChI is InChI=1S/C14H32N2O3/c1-2-3-7-14(8-5-4-6-9-15)18-12-10-17-11-13-19-16/h14H,2-13,15-16H2,1H3. The monoisotopic (exact) mass is 276 g/mol. The van der Waals surface area contributed by atoms with Crippen LogP contribution in [-0.4, -0.2) is 39.1 Å². The molecule has 0 aliphatic rings. The molecule has 1 atom stereocenters. The lowest BCUT2D eigenvalue weighted by molar-refractivity contribution is -0.0175. The normalized spacial score (nSPS) is 12.8. The van der Waals surface area contributed by atoms with E-state index in [0.717, 1.165) is 25.8 Å². The highest BCUT2D eigenvalue weighted by atomic mass is 16.6. The summed E-state index contributed by atoms with van der Waals surface area (Å²) in [4.78, 5) is 4.42. The van der Waals surface area contributed by atoms with Crippen molar-refractivity contribution in [3.8, 4) is 0 Å². The molecule has 0 spiro atoms. The van der Waals surface area contributed by atoms with E-state index in [2.05, 4.69) is 11.8 Å². The van der Waals surface area contributed by atoms with E-state index in [1.54, 1.807) is 0 Å². The molecule has 0 aromatic heterocycles. The molecular weight excluding hydrogens is 244 g/mol. The SMILES string of the molecule is CCCCC(CCCCCN)OCCOCCON. The van der Waals surface area contributed by atoms with Crippen molar-refractivity contribution >= 4 is 0 Å². The fourth-order valence-corrected chi connectivity index (χ4v) is 1.92. The second-order valence-corrected chi connectivity index (χ2v) is 4.76. The number of hydrogen-bond acceptors (Lipinski definition) is 5. The third kappa shape index (κ3) is 14.0. The van der Waals surface area contributed by atoms with E-state index in [-0.39, 0.29) is 0 Å². The van der Waals surface area contributed by atoms with Crippen molar-refractivity contribution < 1.29 is 14.3 Å². The zero-order valence-corrected chi connectivity index (χ0v) is 12.4. The highest BCUT2D eigenvalue weighted by Gasteiger charge is 2.08. The van der Waals surface area contributed by atoms with Crippen molar-refractivity contribution in [2.24, 2.45) is 11.6 Å². The number of hydrogen-bond donors (Lipinski definition) is 2. The summed E-state index contributed by atoms with van der Waals surface area (Å²) >= 11 is 0. The molecule has 0 heterocycles. The molecule has 0 bridgehead atoms. The van der Waals surface area contributed by atoms with E-state index in [1.165, 1.54) is 25.7 Å². The van der Waals surface area contributed by atoms with Crippen molar-refractivity contribution in [1.29, 1.82) is 0 Å². The summed E-state index contributed by atoms with van der Waals surface area (Å²) in [5.41, 5.74) is 5.50. The van der Waals surface area contributed by atoms with Gasteiger partial charge in [0.05, 0.1) is 32.5 Å². The molecule has 5 heteroatoms. The fourth-order valence-electron chi connectivity index (χ4n) is 1.92. The highest BCUT2D eigenvalue weighted by Crippen LogP contribution is 2.13. The van der Waals surface area contributed by atoms with E-state index in [9.17, 15) is 0 Å². The third-order valence-electron chi connectivity index (χ3n) is 3.04. The number of unbranched alkanes of at least 4 members (excludes halogenated alkanes) is 3. The summed E-state index contributed by atoms with van der Waals surface area (Å²) in [6.45, 7) is 5.21. The summed E-state index contributed by atoms with van der Waals surface area (Å²) in [6.07, 6.45) is 8.60. The molecule has 0 aliphatic carbocycles. The van der Waals surface area contributed by atoms with Crippen LogP contribution in [0.15, 0.2) is 0 Å². The second kappa shape index (κ2) is 15.9. The highest BCUT2D eigenvalue weighted by molar-refractivity contribution is 4.59. The Balaban J connectivity index is 3.55. The van der Waals surface area contributed by atoms with Gasteiger partial charge in [-0.05, 0) is 25.8 Å². The molecule has 0 fully saturated rings. The number of nitrogens with two attached hydrogens (primary N) is 2. The molecule has 116 valence electrons. The van der Waals surface area contributed by atoms with E-state index in [0.29, 0.717) is 32.5 Å². The average molecular weight is 276 g/mol. The van der Waals surface area contributed by atoms with Crippen LogP contribution in [0.25, 0.3) is 0 Å². The van der Waals surface area contributed by atoms with Gasteiger partial charge in [0.2, 0.25) is 0 Å². The van der Waals surface area contributed by atoms with E-state index in [1.807, 2.05) is 0 Å². The minimum atomic E-state index is 0.368. The van der Waals surface area contributed by atoms with Gasteiger partial charge in [0, 0.05) is 0 Å². The first-order valence-corrected chi connectivity index (χ1v) is 7.56. The molecule has 0 aromatic rings. The Kier molecular flexibility index (Phi) is 15.7. The minimum absolute atomic E-state index is 0.368. The van der Waals surface area contributed by atoms with Gasteiger partial charge in [-0.2, -0.15) is 0 Å². The molecule has 4 N–H and O–H groups in total. The molecule has 0 rings (SSSR count). The van der Waals surface area contributed by atoms with Crippen LogP contribution in [0.2, 0.25) is 0 Å². The van der Waals surface area contributed by atoms with Gasteiger partial charge in [0.25, 0.3) is 0 Å². The average Bonchev–Trinajstić information content (AvgIpc) is 2.43. The van der Waals surface area contributed by atoms with E-state index in [4.69, 9.17) is 21.1 Å². The maximum Gasteiger partial charge on any atom is 0.0913 e. The van der Waals surface area contributed by atoms with Gasteiger partial charge in [0.1, 0.15) is 0 Å². The van der Waals surface area contributed by atoms with Crippen molar-refractivity contribution in [2.75, 3.05) is 33.0 Å². The third-order valence-corrected chi connectivity index (χ3v) is 3.04. The summed E-state index contributed by atoms with van der Waals surface area (Å²) in [6, 6.07) is 0. The minimum Gasteiger partial charge on any atom is -0.377 e. The second-order valence-electron chi connectivity index (χ2n) is 4.76. The lowest BCUT2D eigenvalue weighted by Crippen LogP contribution is -2.18. The Bertz CT molecular complexity index is 171. The Morgan fingerprint density at radius 2 is 1.63 bits per heavy atom. The molecule has 1 unspecified atom stereocenters. The molecule has 5 nitrogen and oxygen atoms in total. The van der Waals surface area contributed by atoms with Crippen molar-refractivity contribution in [3.05, 3.63) is 0 Å². The topological polar surface area (TPSA) is 79.7 Å². The van der Waals surface area contributed by atoms with Crippen LogP contribution in [0.1, 0.15) is 51.9 Å². The van der Waals surface area contributed by atoms with Gasteiger partial charge < -0.3 is 20.0 Å². The zero-order valence-electron chi connectivity index (χ0n) is 12.4. The van der Waals surface area contributed by atoms with Crippen LogP contribution >= 0.6 is 0 Å². The quantitative estimate of drug-likeness (QED) is 0.353. The van der Waals surface area contributed by atoms with Crippen molar-refractivity contribution in [2.45, 2.75) is 58.0 Å². The van der Waals surface area contributed by atoms with E-state index < -0.39 is 0 Å².